The van der Waals surface area contributed by atoms with Gasteiger partial charge in [-0.05, 0) is 65.9 Å². The second-order valence-corrected chi connectivity index (χ2v) is 16.7. The van der Waals surface area contributed by atoms with E-state index in [0.29, 0.717) is 34.7 Å². The molecule has 1 atom stereocenters. The molecule has 53 heavy (non-hydrogen) atoms. The van der Waals surface area contributed by atoms with Crippen LogP contribution in [0.15, 0.2) is 85.1 Å². The largest absolute Gasteiger partial charge is 0.496 e. The molecule has 5 rings (SSSR count). The molecule has 1 heterocycles. The maximum atomic E-state index is 13.5. The molecule has 2 amide bonds. The van der Waals surface area contributed by atoms with Crippen LogP contribution < -0.4 is 34.9 Å². The normalized spacial score (nSPS) is 12.8. The Balaban J connectivity index is 1.38. The third kappa shape index (κ3) is 9.65. The van der Waals surface area contributed by atoms with Crippen LogP contribution in [0.4, 0.5) is 21.9 Å². The number of hydrogen-bond acceptors (Lipinski definition) is 9. The van der Waals surface area contributed by atoms with Crippen molar-refractivity contribution in [3.8, 4) is 23.0 Å². The zero-order chi connectivity index (χ0) is 38.6. The number of pyridine rings is 1. The van der Waals surface area contributed by atoms with E-state index in [-0.39, 0.29) is 40.2 Å². The van der Waals surface area contributed by atoms with Crippen LogP contribution in [-0.2, 0) is 30.9 Å². The lowest BCUT2D eigenvalue weighted by Crippen LogP contribution is -2.22. The molecule has 13 nitrogen and oxygen atoms in total. The van der Waals surface area contributed by atoms with E-state index in [9.17, 15) is 22.7 Å². The van der Waals surface area contributed by atoms with Crippen LogP contribution in [0.5, 0.6) is 23.0 Å². The molecule has 4 aromatic carbocycles. The molecule has 5 aromatic rings. The molecule has 280 valence electrons. The van der Waals surface area contributed by atoms with Gasteiger partial charge in [0.25, 0.3) is 0 Å². The fraction of sp³-hybridized carbons (Fsp3) is 0.263. The minimum absolute atomic E-state index is 0.0803. The molecule has 0 radical (unpaired) electrons. The highest BCUT2D eigenvalue weighted by molar-refractivity contribution is 7.92. The van der Waals surface area contributed by atoms with Crippen molar-refractivity contribution in [3.05, 3.63) is 102 Å². The second kappa shape index (κ2) is 15.8. The van der Waals surface area contributed by atoms with Crippen LogP contribution in [0.3, 0.4) is 0 Å². The molecule has 1 unspecified atom stereocenters. The number of carbonyl (C=O) groups is 1. The lowest BCUT2D eigenvalue weighted by atomic mass is 9.86. The Kier molecular flexibility index (Phi) is 11.7. The first kappa shape index (κ1) is 39.1. The number of nitrogens with one attached hydrogen (secondary N) is 3. The van der Waals surface area contributed by atoms with Gasteiger partial charge >= 0.3 is 13.6 Å². The van der Waals surface area contributed by atoms with E-state index in [0.717, 1.165) is 22.8 Å². The van der Waals surface area contributed by atoms with Crippen molar-refractivity contribution in [2.45, 2.75) is 39.5 Å². The Morgan fingerprint density at radius 3 is 2.23 bits per heavy atom. The minimum atomic E-state index is -4.03. The van der Waals surface area contributed by atoms with Crippen LogP contribution in [0.25, 0.3) is 10.8 Å². The van der Waals surface area contributed by atoms with E-state index in [4.69, 9.17) is 18.7 Å². The lowest BCUT2D eigenvalue weighted by molar-refractivity contribution is 0.262. The number of nitrogens with zero attached hydrogens (tertiary/aromatic N) is 1. The van der Waals surface area contributed by atoms with Crippen LogP contribution in [0.1, 0.15) is 44.5 Å². The van der Waals surface area contributed by atoms with Crippen molar-refractivity contribution in [2.75, 3.05) is 42.4 Å². The number of hydrogen-bond donors (Lipinski definition) is 4. The summed E-state index contributed by atoms with van der Waals surface area (Å²) in [4.78, 5) is 28.3. The number of ether oxygens (including phenoxy) is 3. The van der Waals surface area contributed by atoms with Crippen molar-refractivity contribution in [2.24, 2.45) is 0 Å². The Hall–Kier alpha value is -5.14. The highest BCUT2D eigenvalue weighted by Gasteiger charge is 2.27. The fourth-order valence-electron chi connectivity index (χ4n) is 5.66. The molecule has 0 fully saturated rings. The van der Waals surface area contributed by atoms with E-state index < -0.39 is 23.7 Å². The summed E-state index contributed by atoms with van der Waals surface area (Å²) in [6, 6.07) is 22.3. The van der Waals surface area contributed by atoms with Gasteiger partial charge in [-0.15, -0.1) is 0 Å². The van der Waals surface area contributed by atoms with Crippen molar-refractivity contribution in [1.29, 1.82) is 0 Å². The summed E-state index contributed by atoms with van der Waals surface area (Å²) in [7, 11) is -4.84. The second-order valence-electron chi connectivity index (χ2n) is 13.2. The molecule has 4 N–H and O–H groups in total. The minimum Gasteiger partial charge on any atom is -0.496 e. The highest BCUT2D eigenvalue weighted by atomic mass is 32.2. The zero-order valence-corrected chi connectivity index (χ0v) is 32.2. The SMILES string of the molecule is CCOP(=O)(O)c1ccc(Cc2cc(Oc3ccc(NC(=O)Nc4cc(C(C)(C)C)cc(NS(C)(=O)=O)c4OC)c4ccccc34)ccn2)cc1OC. The third-order valence-corrected chi connectivity index (χ3v) is 10.3. The maximum absolute atomic E-state index is 13.5. The molecule has 0 saturated heterocycles. The summed E-state index contributed by atoms with van der Waals surface area (Å²) in [5, 5.41) is 7.27. The molecular formula is C38H43N4O9PS. The smallest absolute Gasteiger partial charge is 0.362 e. The molecule has 0 saturated carbocycles. The number of amides is 2. The van der Waals surface area contributed by atoms with Crippen molar-refractivity contribution >= 4 is 56.8 Å². The van der Waals surface area contributed by atoms with E-state index in [1.54, 1.807) is 61.7 Å². The monoisotopic (exact) mass is 762 g/mol. The number of carbonyl (C=O) groups excluding carboxylic acids is 1. The van der Waals surface area contributed by atoms with Crippen LogP contribution in [0.2, 0.25) is 0 Å². The quantitative estimate of drug-likeness (QED) is 0.0867. The fourth-order valence-corrected chi connectivity index (χ4v) is 7.40. The molecule has 15 heteroatoms. The lowest BCUT2D eigenvalue weighted by Gasteiger charge is -2.24. The summed E-state index contributed by atoms with van der Waals surface area (Å²) < 4.78 is 61.7. The average molecular weight is 763 g/mol. The Bertz CT molecular complexity index is 2310. The molecule has 0 aliphatic rings. The van der Waals surface area contributed by atoms with Gasteiger partial charge in [0.1, 0.15) is 22.6 Å². The Labute approximate surface area is 309 Å². The van der Waals surface area contributed by atoms with E-state index in [1.807, 2.05) is 45.0 Å². The number of sulfonamides is 1. The van der Waals surface area contributed by atoms with Gasteiger partial charge in [-0.25, -0.2) is 13.2 Å². The Morgan fingerprint density at radius 2 is 1.57 bits per heavy atom. The number of benzene rings is 4. The van der Waals surface area contributed by atoms with Crippen molar-refractivity contribution < 1.29 is 41.4 Å². The van der Waals surface area contributed by atoms with Crippen molar-refractivity contribution in [1.82, 2.24) is 4.98 Å². The van der Waals surface area contributed by atoms with Gasteiger partial charge in [-0.3, -0.25) is 14.3 Å². The van der Waals surface area contributed by atoms with Gasteiger partial charge < -0.3 is 34.3 Å². The van der Waals surface area contributed by atoms with Gasteiger partial charge in [0.05, 0.1) is 44.1 Å². The number of aromatic nitrogens is 1. The Morgan fingerprint density at radius 1 is 0.868 bits per heavy atom. The summed E-state index contributed by atoms with van der Waals surface area (Å²) in [6.45, 7) is 7.65. The number of anilines is 3. The first-order valence-corrected chi connectivity index (χ1v) is 20.1. The third-order valence-electron chi connectivity index (χ3n) is 8.09. The molecule has 1 aromatic heterocycles. The number of urea groups is 1. The van der Waals surface area contributed by atoms with Gasteiger partial charge in [-0.2, -0.15) is 0 Å². The van der Waals surface area contributed by atoms with Gasteiger partial charge in [0.15, 0.2) is 5.75 Å². The number of methoxy groups -OCH3 is 2. The molecular weight excluding hydrogens is 719 g/mol. The number of fused-ring (bicyclic) bond motifs is 1. The average Bonchev–Trinajstić information content (AvgIpc) is 3.08. The van der Waals surface area contributed by atoms with Crippen LogP contribution in [-0.4, -0.2) is 51.4 Å². The van der Waals surface area contributed by atoms with Gasteiger partial charge in [0, 0.05) is 35.2 Å². The zero-order valence-electron chi connectivity index (χ0n) is 30.5. The summed E-state index contributed by atoms with van der Waals surface area (Å²) in [5.74, 6) is 1.48. The van der Waals surface area contributed by atoms with Crippen LogP contribution >= 0.6 is 7.60 Å². The predicted molar refractivity (Wildman–Crippen MR) is 208 cm³/mol. The molecule has 0 bridgehead atoms. The molecule has 0 aliphatic carbocycles. The maximum Gasteiger partial charge on any atom is 0.362 e. The standard InChI is InChI=1S/C38H43N4O9PS/c1-8-50-52(44,45)35-16-13-24(20-34(35)48-5)19-26-23-27(17-18-39-26)51-33-15-14-30(28-11-9-10-12-29(28)33)40-37(43)41-31-21-25(38(2,3)4)22-32(36(31)49-6)42-53(7,46)47/h9-18,20-23,42H,8,19H2,1-7H3,(H,44,45)(H2,40,41,43). The molecule has 0 aliphatic heterocycles. The topological polar surface area (TPSA) is 174 Å². The summed E-state index contributed by atoms with van der Waals surface area (Å²) >= 11 is 0. The highest BCUT2D eigenvalue weighted by Crippen LogP contribution is 2.44. The predicted octanol–water partition coefficient (Wildman–Crippen LogP) is 7.80. The van der Waals surface area contributed by atoms with E-state index in [1.165, 1.54) is 20.3 Å². The summed E-state index contributed by atoms with van der Waals surface area (Å²) in [6.07, 6.45) is 3.07. The first-order chi connectivity index (χ1) is 25.0. The van der Waals surface area contributed by atoms with Crippen LogP contribution in [0, 0.1) is 0 Å². The summed E-state index contributed by atoms with van der Waals surface area (Å²) in [5.41, 5.74) is 2.90. The van der Waals surface area contributed by atoms with E-state index in [2.05, 4.69) is 20.3 Å². The van der Waals surface area contributed by atoms with Gasteiger partial charge in [-0.1, -0.05) is 51.1 Å². The first-order valence-electron chi connectivity index (χ1n) is 16.6. The van der Waals surface area contributed by atoms with Crippen molar-refractivity contribution in [3.63, 3.8) is 0 Å². The van der Waals surface area contributed by atoms with E-state index >= 15 is 0 Å². The molecule has 0 spiro atoms. The number of rotatable bonds is 13. The van der Waals surface area contributed by atoms with Gasteiger partial charge in [0.2, 0.25) is 10.0 Å².